The fourth-order valence-corrected chi connectivity index (χ4v) is 3.54. The zero-order valence-electron chi connectivity index (χ0n) is 12.1. The van der Waals surface area contributed by atoms with E-state index in [9.17, 15) is 0 Å². The number of aryl methyl sites for hydroxylation is 1. The molecule has 0 bridgehead atoms. The van der Waals surface area contributed by atoms with Crippen LogP contribution in [-0.2, 0) is 0 Å². The van der Waals surface area contributed by atoms with Gasteiger partial charge in [-0.1, -0.05) is 61.6 Å². The SMILES string of the molecule is Cc1ccc(C=C(c2ccccn2)[Si](C)(C)C)cc1. The van der Waals surface area contributed by atoms with E-state index >= 15 is 0 Å². The maximum Gasteiger partial charge on any atom is 0.0804 e. The van der Waals surface area contributed by atoms with Gasteiger partial charge in [-0.05, 0) is 29.8 Å². The predicted molar refractivity (Wildman–Crippen MR) is 86.6 cm³/mol. The summed E-state index contributed by atoms with van der Waals surface area (Å²) in [6, 6.07) is 14.8. The molecule has 0 atom stereocenters. The molecule has 1 nitrogen and oxygen atoms in total. The first-order valence-electron chi connectivity index (χ1n) is 6.67. The molecule has 0 amide bonds. The Bertz CT molecular complexity index is 562. The average molecular weight is 267 g/mol. The van der Waals surface area contributed by atoms with E-state index in [1.54, 1.807) is 0 Å². The van der Waals surface area contributed by atoms with Gasteiger partial charge in [-0.15, -0.1) is 0 Å². The number of rotatable bonds is 3. The third kappa shape index (κ3) is 3.64. The molecular formula is C17H21NSi. The van der Waals surface area contributed by atoms with Crippen LogP contribution >= 0.6 is 0 Å². The van der Waals surface area contributed by atoms with E-state index < -0.39 is 8.07 Å². The second-order valence-corrected chi connectivity index (χ2v) is 11.0. The first-order valence-corrected chi connectivity index (χ1v) is 10.2. The Balaban J connectivity index is 2.47. The molecule has 1 heterocycles. The summed E-state index contributed by atoms with van der Waals surface area (Å²) in [4.78, 5) is 4.53. The molecule has 0 aliphatic heterocycles. The number of hydrogen-bond acceptors (Lipinski definition) is 1. The fraction of sp³-hybridized carbons (Fsp3) is 0.235. The van der Waals surface area contributed by atoms with Crippen LogP contribution < -0.4 is 0 Å². The topological polar surface area (TPSA) is 12.9 Å². The van der Waals surface area contributed by atoms with Crippen molar-refractivity contribution >= 4 is 19.3 Å². The van der Waals surface area contributed by atoms with Gasteiger partial charge in [0, 0.05) is 6.20 Å². The summed E-state index contributed by atoms with van der Waals surface area (Å²) < 4.78 is 0. The molecule has 0 unspecified atom stereocenters. The Morgan fingerprint density at radius 1 is 1.00 bits per heavy atom. The molecule has 98 valence electrons. The highest BCUT2D eigenvalue weighted by Gasteiger charge is 2.21. The highest BCUT2D eigenvalue weighted by Crippen LogP contribution is 2.26. The van der Waals surface area contributed by atoms with Gasteiger partial charge in [0.15, 0.2) is 0 Å². The monoisotopic (exact) mass is 267 g/mol. The number of aromatic nitrogens is 1. The maximum absolute atomic E-state index is 4.53. The van der Waals surface area contributed by atoms with Crippen LogP contribution in [0.2, 0.25) is 19.6 Å². The van der Waals surface area contributed by atoms with E-state index in [2.05, 4.69) is 74.0 Å². The predicted octanol–water partition coefficient (Wildman–Crippen LogP) is 4.81. The molecule has 0 N–H and O–H groups in total. The van der Waals surface area contributed by atoms with Gasteiger partial charge >= 0.3 is 0 Å². The van der Waals surface area contributed by atoms with Gasteiger partial charge in [0.1, 0.15) is 0 Å². The third-order valence-corrected chi connectivity index (χ3v) is 5.15. The van der Waals surface area contributed by atoms with Crippen LogP contribution in [-0.4, -0.2) is 13.1 Å². The van der Waals surface area contributed by atoms with Crippen molar-refractivity contribution in [3.05, 3.63) is 65.5 Å². The Morgan fingerprint density at radius 3 is 2.21 bits per heavy atom. The molecule has 0 spiro atoms. The Kier molecular flexibility index (Phi) is 4.01. The smallest absolute Gasteiger partial charge is 0.0804 e. The van der Waals surface area contributed by atoms with Crippen LogP contribution in [0.15, 0.2) is 48.7 Å². The van der Waals surface area contributed by atoms with Crippen molar-refractivity contribution in [3.63, 3.8) is 0 Å². The van der Waals surface area contributed by atoms with Gasteiger partial charge in [-0.25, -0.2) is 0 Å². The van der Waals surface area contributed by atoms with Crippen molar-refractivity contribution in [3.8, 4) is 0 Å². The number of benzene rings is 1. The molecule has 19 heavy (non-hydrogen) atoms. The standard InChI is InChI=1S/C17H21NSi/c1-14-8-10-15(11-9-14)13-17(19(2,3)4)16-7-5-6-12-18-16/h5-13H,1-4H3. The Hall–Kier alpha value is -1.67. The van der Waals surface area contributed by atoms with Crippen molar-refractivity contribution in [2.45, 2.75) is 26.6 Å². The third-order valence-electron chi connectivity index (χ3n) is 3.14. The number of nitrogens with zero attached hydrogens (tertiary/aromatic N) is 1. The highest BCUT2D eigenvalue weighted by atomic mass is 28.3. The molecule has 0 aliphatic rings. The van der Waals surface area contributed by atoms with Crippen LogP contribution in [0.4, 0.5) is 0 Å². The lowest BCUT2D eigenvalue weighted by Gasteiger charge is -2.20. The minimum Gasteiger partial charge on any atom is -0.257 e. The van der Waals surface area contributed by atoms with Gasteiger partial charge in [0.05, 0.1) is 13.8 Å². The van der Waals surface area contributed by atoms with E-state index in [4.69, 9.17) is 0 Å². The Morgan fingerprint density at radius 2 is 1.68 bits per heavy atom. The molecule has 0 saturated carbocycles. The molecule has 2 rings (SSSR count). The molecule has 2 aromatic rings. The van der Waals surface area contributed by atoms with Crippen LogP contribution in [0.5, 0.6) is 0 Å². The van der Waals surface area contributed by atoms with Crippen LogP contribution in [0, 0.1) is 6.92 Å². The van der Waals surface area contributed by atoms with Gasteiger partial charge in [0.2, 0.25) is 0 Å². The molecule has 1 aromatic carbocycles. The Labute approximate surface area is 117 Å². The summed E-state index contributed by atoms with van der Waals surface area (Å²) in [6.07, 6.45) is 4.17. The molecular weight excluding hydrogens is 246 g/mol. The normalized spacial score (nSPS) is 12.5. The lowest BCUT2D eigenvalue weighted by molar-refractivity contribution is 1.29. The highest BCUT2D eigenvalue weighted by molar-refractivity contribution is 6.94. The molecule has 2 heteroatoms. The van der Waals surface area contributed by atoms with Gasteiger partial charge in [0.25, 0.3) is 0 Å². The van der Waals surface area contributed by atoms with E-state index in [0.717, 1.165) is 5.69 Å². The first kappa shape index (κ1) is 13.8. The molecule has 0 radical (unpaired) electrons. The average Bonchev–Trinajstić information content (AvgIpc) is 2.37. The molecule has 1 aromatic heterocycles. The maximum atomic E-state index is 4.53. The van der Waals surface area contributed by atoms with Gasteiger partial charge in [-0.3, -0.25) is 4.98 Å². The van der Waals surface area contributed by atoms with Crippen molar-refractivity contribution in [2.75, 3.05) is 0 Å². The summed E-state index contributed by atoms with van der Waals surface area (Å²) in [5.41, 5.74) is 3.67. The quantitative estimate of drug-likeness (QED) is 0.727. The van der Waals surface area contributed by atoms with E-state index in [1.165, 1.54) is 16.3 Å². The van der Waals surface area contributed by atoms with Crippen LogP contribution in [0.3, 0.4) is 0 Å². The summed E-state index contributed by atoms with van der Waals surface area (Å²) in [5.74, 6) is 0. The summed E-state index contributed by atoms with van der Waals surface area (Å²) in [6.45, 7) is 9.21. The molecule has 0 saturated heterocycles. The molecule has 0 aliphatic carbocycles. The molecule has 0 fully saturated rings. The minimum absolute atomic E-state index is 1.11. The first-order chi connectivity index (χ1) is 8.97. The fourth-order valence-electron chi connectivity index (χ4n) is 2.03. The summed E-state index contributed by atoms with van der Waals surface area (Å²) in [5, 5.41) is 1.40. The number of pyridine rings is 1. The van der Waals surface area contributed by atoms with Gasteiger partial charge in [-0.2, -0.15) is 0 Å². The van der Waals surface area contributed by atoms with E-state index in [0.29, 0.717) is 0 Å². The lowest BCUT2D eigenvalue weighted by Crippen LogP contribution is -2.23. The number of hydrogen-bond donors (Lipinski definition) is 0. The lowest BCUT2D eigenvalue weighted by atomic mass is 10.1. The second-order valence-electron chi connectivity index (χ2n) is 5.93. The largest absolute Gasteiger partial charge is 0.257 e. The minimum atomic E-state index is -1.43. The van der Waals surface area contributed by atoms with Gasteiger partial charge < -0.3 is 0 Å². The van der Waals surface area contributed by atoms with Crippen LogP contribution in [0.25, 0.3) is 11.3 Å². The van der Waals surface area contributed by atoms with E-state index in [1.807, 2.05) is 12.3 Å². The van der Waals surface area contributed by atoms with E-state index in [-0.39, 0.29) is 0 Å². The summed E-state index contributed by atoms with van der Waals surface area (Å²) in [7, 11) is -1.43. The summed E-state index contributed by atoms with van der Waals surface area (Å²) >= 11 is 0. The van der Waals surface area contributed by atoms with Crippen LogP contribution in [0.1, 0.15) is 16.8 Å². The van der Waals surface area contributed by atoms with Crippen molar-refractivity contribution in [1.29, 1.82) is 0 Å². The second kappa shape index (κ2) is 5.53. The zero-order chi connectivity index (χ0) is 13.9. The van der Waals surface area contributed by atoms with Crippen molar-refractivity contribution < 1.29 is 0 Å². The van der Waals surface area contributed by atoms with Crippen molar-refractivity contribution in [2.24, 2.45) is 0 Å². The van der Waals surface area contributed by atoms with Crippen molar-refractivity contribution in [1.82, 2.24) is 4.98 Å². The zero-order valence-corrected chi connectivity index (χ0v) is 13.1.